The van der Waals surface area contributed by atoms with Crippen molar-refractivity contribution in [1.29, 1.82) is 0 Å². The van der Waals surface area contributed by atoms with E-state index < -0.39 is 17.3 Å². The average Bonchev–Trinajstić information content (AvgIpc) is 2.18. The Bertz CT molecular complexity index is 385. The first kappa shape index (κ1) is 13.5. The van der Waals surface area contributed by atoms with Crippen LogP contribution in [0.5, 0.6) is 5.75 Å². The minimum atomic E-state index is -0.876. The average molecular weight is 291 g/mol. The third kappa shape index (κ3) is 2.74. The highest BCUT2D eigenvalue weighted by atomic mass is 79.9. The Morgan fingerprint density at radius 1 is 1.38 bits per heavy atom. The van der Waals surface area contributed by atoms with Crippen molar-refractivity contribution in [3.8, 4) is 5.75 Å². The second-order valence-electron chi connectivity index (χ2n) is 4.78. The van der Waals surface area contributed by atoms with Crippen LogP contribution < -0.4 is 4.74 Å². The maximum absolute atomic E-state index is 13.9. The minimum absolute atomic E-state index is 0.132. The zero-order valence-electron chi connectivity index (χ0n) is 9.84. The number of hydrogen-bond acceptors (Lipinski definition) is 2. The summed E-state index contributed by atoms with van der Waals surface area (Å²) in [5.41, 5.74) is -0.175. The predicted octanol–water partition coefficient (Wildman–Crippen LogP) is 3.68. The Balaban J connectivity index is 3.28. The number of rotatable bonds is 2. The first-order valence-corrected chi connectivity index (χ1v) is 5.77. The molecule has 16 heavy (non-hydrogen) atoms. The molecule has 0 aliphatic rings. The van der Waals surface area contributed by atoms with E-state index in [1.54, 1.807) is 6.07 Å². The van der Waals surface area contributed by atoms with Crippen molar-refractivity contribution in [3.05, 3.63) is 28.0 Å². The summed E-state index contributed by atoms with van der Waals surface area (Å²) in [5, 5.41) is 10.1. The molecule has 0 amide bonds. The van der Waals surface area contributed by atoms with Crippen molar-refractivity contribution in [2.45, 2.75) is 26.9 Å². The van der Waals surface area contributed by atoms with E-state index in [-0.39, 0.29) is 11.3 Å². The Labute approximate surface area is 104 Å². The highest BCUT2D eigenvalue weighted by molar-refractivity contribution is 9.10. The van der Waals surface area contributed by atoms with Gasteiger partial charge < -0.3 is 9.84 Å². The molecule has 90 valence electrons. The lowest BCUT2D eigenvalue weighted by Crippen LogP contribution is -2.19. The molecule has 0 aromatic heterocycles. The van der Waals surface area contributed by atoms with Crippen LogP contribution in [0.3, 0.4) is 0 Å². The van der Waals surface area contributed by atoms with E-state index >= 15 is 0 Å². The Morgan fingerprint density at radius 2 is 1.94 bits per heavy atom. The van der Waals surface area contributed by atoms with Crippen LogP contribution in [-0.4, -0.2) is 12.2 Å². The zero-order valence-corrected chi connectivity index (χ0v) is 11.4. The standard InChI is InChI=1S/C12H16BrFO2/c1-12(2,3)11(15)8-5-7(13)6-9(16-4)10(8)14/h5-6,11,15H,1-4H3. The van der Waals surface area contributed by atoms with Gasteiger partial charge in [-0.05, 0) is 17.5 Å². The summed E-state index contributed by atoms with van der Waals surface area (Å²) in [7, 11) is 1.40. The van der Waals surface area contributed by atoms with E-state index in [2.05, 4.69) is 15.9 Å². The normalized spacial score (nSPS) is 13.7. The van der Waals surface area contributed by atoms with Crippen molar-refractivity contribution >= 4 is 15.9 Å². The molecule has 0 aliphatic heterocycles. The number of aliphatic hydroxyl groups is 1. The molecule has 1 unspecified atom stereocenters. The van der Waals surface area contributed by atoms with Crippen LogP contribution >= 0.6 is 15.9 Å². The van der Waals surface area contributed by atoms with Crippen molar-refractivity contribution in [1.82, 2.24) is 0 Å². The first-order chi connectivity index (χ1) is 7.27. The van der Waals surface area contributed by atoms with Crippen LogP contribution in [0.2, 0.25) is 0 Å². The monoisotopic (exact) mass is 290 g/mol. The highest BCUT2D eigenvalue weighted by Gasteiger charge is 2.28. The van der Waals surface area contributed by atoms with E-state index in [0.29, 0.717) is 4.47 Å². The van der Waals surface area contributed by atoms with E-state index in [1.807, 2.05) is 20.8 Å². The van der Waals surface area contributed by atoms with Gasteiger partial charge in [-0.3, -0.25) is 0 Å². The second kappa shape index (κ2) is 4.72. The van der Waals surface area contributed by atoms with Crippen molar-refractivity contribution in [3.63, 3.8) is 0 Å². The topological polar surface area (TPSA) is 29.5 Å². The third-order valence-electron chi connectivity index (χ3n) is 2.37. The molecule has 1 aromatic rings. The van der Waals surface area contributed by atoms with Gasteiger partial charge in [0, 0.05) is 10.0 Å². The molecule has 2 nitrogen and oxygen atoms in total. The summed E-state index contributed by atoms with van der Waals surface area (Å²) < 4.78 is 19.5. The van der Waals surface area contributed by atoms with E-state index in [1.165, 1.54) is 13.2 Å². The molecule has 0 aliphatic carbocycles. The first-order valence-electron chi connectivity index (χ1n) is 4.98. The highest BCUT2D eigenvalue weighted by Crippen LogP contribution is 2.37. The summed E-state index contributed by atoms with van der Waals surface area (Å²) in [6.45, 7) is 5.56. The van der Waals surface area contributed by atoms with Gasteiger partial charge in [-0.25, -0.2) is 4.39 Å². The molecule has 0 saturated heterocycles. The fraction of sp³-hybridized carbons (Fsp3) is 0.500. The van der Waals surface area contributed by atoms with Crippen LogP contribution in [-0.2, 0) is 0 Å². The number of hydrogen-bond donors (Lipinski definition) is 1. The van der Waals surface area contributed by atoms with Crippen molar-refractivity contribution in [2.75, 3.05) is 7.11 Å². The number of aliphatic hydroxyl groups excluding tert-OH is 1. The van der Waals surface area contributed by atoms with Gasteiger partial charge in [0.05, 0.1) is 13.2 Å². The van der Waals surface area contributed by atoms with Crippen LogP contribution in [0.15, 0.2) is 16.6 Å². The molecule has 0 radical (unpaired) electrons. The summed E-state index contributed by atoms with van der Waals surface area (Å²) in [6.07, 6.45) is -0.876. The van der Waals surface area contributed by atoms with Gasteiger partial charge in [0.25, 0.3) is 0 Å². The molecule has 1 atom stereocenters. The van der Waals surface area contributed by atoms with Crippen LogP contribution in [0.1, 0.15) is 32.4 Å². The van der Waals surface area contributed by atoms with Gasteiger partial charge in [-0.2, -0.15) is 0 Å². The maximum atomic E-state index is 13.9. The smallest absolute Gasteiger partial charge is 0.170 e. The van der Waals surface area contributed by atoms with Gasteiger partial charge in [-0.15, -0.1) is 0 Å². The van der Waals surface area contributed by atoms with Gasteiger partial charge in [0.1, 0.15) is 0 Å². The molecule has 0 bridgehead atoms. The molecule has 0 saturated carbocycles. The van der Waals surface area contributed by atoms with E-state index in [4.69, 9.17) is 4.74 Å². The number of methoxy groups -OCH3 is 1. The van der Waals surface area contributed by atoms with E-state index in [9.17, 15) is 9.50 Å². The molecular weight excluding hydrogens is 275 g/mol. The van der Waals surface area contributed by atoms with Crippen molar-refractivity contribution in [2.24, 2.45) is 5.41 Å². The van der Waals surface area contributed by atoms with Crippen molar-refractivity contribution < 1.29 is 14.2 Å². The molecule has 0 spiro atoms. The Morgan fingerprint density at radius 3 is 2.38 bits per heavy atom. The van der Waals surface area contributed by atoms with Crippen LogP contribution in [0, 0.1) is 11.2 Å². The minimum Gasteiger partial charge on any atom is -0.494 e. The lowest BCUT2D eigenvalue weighted by Gasteiger charge is -2.27. The van der Waals surface area contributed by atoms with Gasteiger partial charge in [0.15, 0.2) is 11.6 Å². The predicted molar refractivity (Wildman–Crippen MR) is 65.1 cm³/mol. The fourth-order valence-electron chi connectivity index (χ4n) is 1.40. The van der Waals surface area contributed by atoms with Gasteiger partial charge in [0.2, 0.25) is 0 Å². The number of ether oxygens (including phenoxy) is 1. The quantitative estimate of drug-likeness (QED) is 0.900. The SMILES string of the molecule is COc1cc(Br)cc(C(O)C(C)(C)C)c1F. The zero-order chi connectivity index (χ0) is 12.5. The largest absolute Gasteiger partial charge is 0.494 e. The number of halogens is 2. The molecule has 1 rings (SSSR count). The molecule has 1 aromatic carbocycles. The van der Waals surface area contributed by atoms with Crippen LogP contribution in [0.4, 0.5) is 4.39 Å². The van der Waals surface area contributed by atoms with Crippen LogP contribution in [0.25, 0.3) is 0 Å². The lowest BCUT2D eigenvalue weighted by molar-refractivity contribution is 0.0590. The van der Waals surface area contributed by atoms with Gasteiger partial charge >= 0.3 is 0 Å². The Hall–Kier alpha value is -0.610. The Kier molecular flexibility index (Phi) is 3.97. The summed E-state index contributed by atoms with van der Waals surface area (Å²) in [5.74, 6) is -0.374. The third-order valence-corrected chi connectivity index (χ3v) is 2.82. The van der Waals surface area contributed by atoms with Gasteiger partial charge in [-0.1, -0.05) is 36.7 Å². The molecular formula is C12H16BrFO2. The lowest BCUT2D eigenvalue weighted by atomic mass is 9.84. The molecule has 0 heterocycles. The molecule has 1 N–H and O–H groups in total. The summed E-state index contributed by atoms with van der Waals surface area (Å²) in [4.78, 5) is 0. The summed E-state index contributed by atoms with van der Waals surface area (Å²) >= 11 is 3.27. The molecule has 4 heteroatoms. The summed E-state index contributed by atoms with van der Waals surface area (Å²) in [6, 6.07) is 3.11. The maximum Gasteiger partial charge on any atom is 0.170 e. The molecule has 0 fully saturated rings. The fourth-order valence-corrected chi connectivity index (χ4v) is 1.85. The second-order valence-corrected chi connectivity index (χ2v) is 5.70. The van der Waals surface area contributed by atoms with E-state index in [0.717, 1.165) is 0 Å². The number of benzene rings is 1.